The fraction of sp³-hybridized carbons (Fsp3) is 0.400. The zero-order chi connectivity index (χ0) is 18.2. The molecule has 134 valence electrons. The van der Waals surface area contributed by atoms with Gasteiger partial charge in [0.1, 0.15) is 5.75 Å². The van der Waals surface area contributed by atoms with Gasteiger partial charge in [-0.05, 0) is 38.4 Å². The Labute approximate surface area is 140 Å². The Hall–Kier alpha value is -1.70. The molecule has 2 rings (SSSR count). The Kier molecular flexibility index (Phi) is 8.10. The standard InChI is InChI=1S/C15H21N3O.H3O4P/c1-11(5-3-7-16)18-14-10-13(19-2)9-12-6-4-8-17-15(12)14;1-5(2,3)4/h4,6,8-11,18H,3,5,7,16H2,1-2H3;(H3,1,2,3,4). The number of rotatable bonds is 6. The van der Waals surface area contributed by atoms with E-state index < -0.39 is 7.82 Å². The van der Waals surface area contributed by atoms with Crippen LogP contribution in [-0.4, -0.2) is 39.4 Å². The summed E-state index contributed by atoms with van der Waals surface area (Å²) in [5.41, 5.74) is 7.53. The van der Waals surface area contributed by atoms with Crippen LogP contribution in [0.1, 0.15) is 19.8 Å². The van der Waals surface area contributed by atoms with Gasteiger partial charge in [0, 0.05) is 23.7 Å². The van der Waals surface area contributed by atoms with Gasteiger partial charge in [0.05, 0.1) is 18.3 Å². The number of benzene rings is 1. The highest BCUT2D eigenvalue weighted by atomic mass is 31.2. The maximum Gasteiger partial charge on any atom is 0.466 e. The molecule has 0 bridgehead atoms. The molecule has 0 saturated carbocycles. The van der Waals surface area contributed by atoms with Crippen molar-refractivity contribution >= 4 is 24.4 Å². The average Bonchev–Trinajstić information content (AvgIpc) is 2.51. The molecule has 0 aliphatic heterocycles. The van der Waals surface area contributed by atoms with Gasteiger partial charge in [-0.1, -0.05) is 6.07 Å². The van der Waals surface area contributed by atoms with Crippen LogP contribution in [0.3, 0.4) is 0 Å². The van der Waals surface area contributed by atoms with E-state index in [-0.39, 0.29) is 0 Å². The number of aromatic nitrogens is 1. The van der Waals surface area contributed by atoms with Gasteiger partial charge in [-0.25, -0.2) is 4.57 Å². The summed E-state index contributed by atoms with van der Waals surface area (Å²) in [6.45, 7) is 2.88. The lowest BCUT2D eigenvalue weighted by Gasteiger charge is -2.17. The normalized spacial score (nSPS) is 12.2. The Morgan fingerprint density at radius 1 is 1.38 bits per heavy atom. The van der Waals surface area contributed by atoms with Crippen LogP contribution in [0.5, 0.6) is 5.75 Å². The van der Waals surface area contributed by atoms with Gasteiger partial charge in [-0.3, -0.25) is 4.98 Å². The molecular weight excluding hydrogens is 333 g/mol. The third kappa shape index (κ3) is 7.72. The molecular formula is C15H24N3O5P. The number of hydrogen-bond acceptors (Lipinski definition) is 5. The quantitative estimate of drug-likeness (QED) is 0.494. The van der Waals surface area contributed by atoms with Gasteiger partial charge in [-0.2, -0.15) is 0 Å². The SMILES string of the molecule is COc1cc(NC(C)CCCN)c2ncccc2c1.O=P(O)(O)O. The van der Waals surface area contributed by atoms with Gasteiger partial charge in [0.15, 0.2) is 0 Å². The summed E-state index contributed by atoms with van der Waals surface area (Å²) in [6.07, 6.45) is 3.87. The summed E-state index contributed by atoms with van der Waals surface area (Å²) in [4.78, 5) is 26.0. The molecule has 0 saturated heterocycles. The molecule has 8 nitrogen and oxygen atoms in total. The number of phosphoric acid groups is 1. The Morgan fingerprint density at radius 3 is 2.62 bits per heavy atom. The average molecular weight is 357 g/mol. The fourth-order valence-corrected chi connectivity index (χ4v) is 2.15. The molecule has 0 radical (unpaired) electrons. The highest BCUT2D eigenvalue weighted by molar-refractivity contribution is 7.45. The summed E-state index contributed by atoms with van der Waals surface area (Å²) in [5.74, 6) is 0.842. The lowest BCUT2D eigenvalue weighted by atomic mass is 10.1. The summed E-state index contributed by atoms with van der Waals surface area (Å²) >= 11 is 0. The first kappa shape index (κ1) is 20.3. The number of hydrogen-bond donors (Lipinski definition) is 5. The van der Waals surface area contributed by atoms with Crippen molar-refractivity contribution in [2.24, 2.45) is 5.73 Å². The van der Waals surface area contributed by atoms with E-state index in [0.717, 1.165) is 41.7 Å². The van der Waals surface area contributed by atoms with Crippen LogP contribution in [0.25, 0.3) is 10.9 Å². The molecule has 1 aromatic carbocycles. The van der Waals surface area contributed by atoms with E-state index in [2.05, 4.69) is 17.2 Å². The molecule has 0 aliphatic rings. The summed E-state index contributed by atoms with van der Waals surface area (Å²) in [5, 5.41) is 4.58. The second-order valence-corrected chi connectivity index (χ2v) is 6.27. The molecule has 2 aromatic rings. The number of nitrogens with zero attached hydrogens (tertiary/aromatic N) is 1. The maximum absolute atomic E-state index is 8.88. The van der Waals surface area contributed by atoms with E-state index in [0.29, 0.717) is 6.04 Å². The molecule has 1 heterocycles. The molecule has 0 aliphatic carbocycles. The van der Waals surface area contributed by atoms with Crippen LogP contribution in [0.15, 0.2) is 30.5 Å². The molecule has 1 atom stereocenters. The number of nitrogens with one attached hydrogen (secondary N) is 1. The zero-order valence-corrected chi connectivity index (χ0v) is 14.6. The lowest BCUT2D eigenvalue weighted by molar-refractivity contribution is 0.275. The second kappa shape index (κ2) is 9.56. The minimum Gasteiger partial charge on any atom is -0.497 e. The van der Waals surface area contributed by atoms with Crippen molar-refractivity contribution in [3.8, 4) is 5.75 Å². The fourth-order valence-electron chi connectivity index (χ4n) is 2.15. The van der Waals surface area contributed by atoms with Gasteiger partial charge < -0.3 is 30.5 Å². The maximum atomic E-state index is 8.88. The molecule has 0 spiro atoms. The molecule has 1 aromatic heterocycles. The second-order valence-electron chi connectivity index (χ2n) is 5.24. The highest BCUT2D eigenvalue weighted by Gasteiger charge is 2.08. The van der Waals surface area contributed by atoms with Crippen molar-refractivity contribution in [1.82, 2.24) is 4.98 Å². The molecule has 24 heavy (non-hydrogen) atoms. The first-order valence-electron chi connectivity index (χ1n) is 7.42. The smallest absolute Gasteiger partial charge is 0.466 e. The first-order chi connectivity index (χ1) is 11.2. The van der Waals surface area contributed by atoms with Crippen molar-refractivity contribution in [3.63, 3.8) is 0 Å². The molecule has 0 fully saturated rings. The third-order valence-electron chi connectivity index (χ3n) is 3.16. The summed E-state index contributed by atoms with van der Waals surface area (Å²) < 4.78 is 14.2. The number of anilines is 1. The molecule has 0 amide bonds. The molecule has 6 N–H and O–H groups in total. The van der Waals surface area contributed by atoms with E-state index in [1.807, 2.05) is 30.5 Å². The summed E-state index contributed by atoms with van der Waals surface area (Å²) in [6, 6.07) is 8.33. The van der Waals surface area contributed by atoms with E-state index in [1.54, 1.807) is 7.11 Å². The summed E-state index contributed by atoms with van der Waals surface area (Å²) in [7, 11) is -2.96. The number of pyridine rings is 1. The molecule has 9 heteroatoms. The highest BCUT2D eigenvalue weighted by Crippen LogP contribution is 2.28. The first-order valence-corrected chi connectivity index (χ1v) is 8.98. The minimum atomic E-state index is -4.64. The Bertz CT molecular complexity index is 684. The van der Waals surface area contributed by atoms with E-state index in [4.69, 9.17) is 29.7 Å². The topological polar surface area (TPSA) is 138 Å². The van der Waals surface area contributed by atoms with Gasteiger partial charge in [-0.15, -0.1) is 0 Å². The van der Waals surface area contributed by atoms with Gasteiger partial charge in [0.2, 0.25) is 0 Å². The van der Waals surface area contributed by atoms with Crippen molar-refractivity contribution < 1.29 is 24.0 Å². The number of nitrogens with two attached hydrogens (primary N) is 1. The van der Waals surface area contributed by atoms with E-state index in [1.165, 1.54) is 0 Å². The Balaban J connectivity index is 0.000000505. The number of methoxy groups -OCH3 is 1. The van der Waals surface area contributed by atoms with Crippen LogP contribution < -0.4 is 15.8 Å². The van der Waals surface area contributed by atoms with Crippen LogP contribution >= 0.6 is 7.82 Å². The minimum absolute atomic E-state index is 0.362. The lowest BCUT2D eigenvalue weighted by Crippen LogP contribution is -2.17. The largest absolute Gasteiger partial charge is 0.497 e. The van der Waals surface area contributed by atoms with Crippen LogP contribution in [0, 0.1) is 0 Å². The molecule has 1 unspecified atom stereocenters. The van der Waals surface area contributed by atoms with Crippen molar-refractivity contribution in [2.75, 3.05) is 19.0 Å². The monoisotopic (exact) mass is 357 g/mol. The Morgan fingerprint density at radius 2 is 2.04 bits per heavy atom. The van der Waals surface area contributed by atoms with Crippen molar-refractivity contribution in [3.05, 3.63) is 30.5 Å². The predicted molar refractivity (Wildman–Crippen MR) is 93.9 cm³/mol. The zero-order valence-electron chi connectivity index (χ0n) is 13.7. The van der Waals surface area contributed by atoms with Crippen molar-refractivity contribution in [1.29, 1.82) is 0 Å². The van der Waals surface area contributed by atoms with E-state index >= 15 is 0 Å². The van der Waals surface area contributed by atoms with Gasteiger partial charge >= 0.3 is 7.82 Å². The van der Waals surface area contributed by atoms with Crippen LogP contribution in [0.2, 0.25) is 0 Å². The number of ether oxygens (including phenoxy) is 1. The van der Waals surface area contributed by atoms with Crippen LogP contribution in [-0.2, 0) is 4.57 Å². The van der Waals surface area contributed by atoms with Gasteiger partial charge in [0.25, 0.3) is 0 Å². The van der Waals surface area contributed by atoms with Crippen molar-refractivity contribution in [2.45, 2.75) is 25.8 Å². The predicted octanol–water partition coefficient (Wildman–Crippen LogP) is 1.85. The van der Waals surface area contributed by atoms with Crippen LogP contribution in [0.4, 0.5) is 5.69 Å². The number of fused-ring (bicyclic) bond motifs is 1. The van der Waals surface area contributed by atoms with E-state index in [9.17, 15) is 0 Å². The third-order valence-corrected chi connectivity index (χ3v) is 3.16.